The maximum atomic E-state index is 12.5. The summed E-state index contributed by atoms with van der Waals surface area (Å²) in [5.74, 6) is 1.97. The van der Waals surface area contributed by atoms with Crippen LogP contribution < -0.4 is 4.72 Å². The summed E-state index contributed by atoms with van der Waals surface area (Å²) in [5, 5.41) is 0. The van der Waals surface area contributed by atoms with Gasteiger partial charge in [0.2, 0.25) is 10.0 Å². The molecule has 132 valence electrons. The van der Waals surface area contributed by atoms with Crippen molar-refractivity contribution in [2.75, 3.05) is 44.4 Å². The van der Waals surface area contributed by atoms with Crippen LogP contribution >= 0.6 is 11.8 Å². The summed E-state index contributed by atoms with van der Waals surface area (Å²) < 4.78 is 32.8. The normalized spacial score (nSPS) is 21.8. The number of sulfonamides is 1. The van der Waals surface area contributed by atoms with E-state index in [1.54, 1.807) is 17.0 Å². The molecule has 6 nitrogen and oxygen atoms in total. The van der Waals surface area contributed by atoms with Crippen molar-refractivity contribution in [3.63, 3.8) is 0 Å². The van der Waals surface area contributed by atoms with Crippen LogP contribution in [-0.4, -0.2) is 63.6 Å². The van der Waals surface area contributed by atoms with Gasteiger partial charge in [0.05, 0.1) is 11.5 Å². The molecule has 1 N–H and O–H groups in total. The highest BCUT2D eigenvalue weighted by atomic mass is 32.2. The molecule has 2 aliphatic heterocycles. The number of ether oxygens (including phenoxy) is 1. The van der Waals surface area contributed by atoms with Crippen LogP contribution in [0.4, 0.5) is 0 Å². The first-order valence-electron chi connectivity index (χ1n) is 8.11. The largest absolute Gasteiger partial charge is 0.381 e. The Kier molecular flexibility index (Phi) is 5.80. The number of nitrogens with zero attached hydrogens (tertiary/aromatic N) is 1. The van der Waals surface area contributed by atoms with Crippen molar-refractivity contribution in [2.45, 2.75) is 11.3 Å². The third-order valence-corrected chi connectivity index (χ3v) is 6.64. The fourth-order valence-corrected chi connectivity index (χ4v) is 4.87. The molecule has 2 fully saturated rings. The van der Waals surface area contributed by atoms with Gasteiger partial charge >= 0.3 is 0 Å². The van der Waals surface area contributed by atoms with E-state index in [1.807, 2.05) is 11.8 Å². The molecule has 1 aromatic rings. The molecule has 0 spiro atoms. The van der Waals surface area contributed by atoms with Gasteiger partial charge in [-0.25, -0.2) is 13.1 Å². The van der Waals surface area contributed by atoms with E-state index in [-0.39, 0.29) is 16.7 Å². The van der Waals surface area contributed by atoms with Crippen molar-refractivity contribution < 1.29 is 17.9 Å². The van der Waals surface area contributed by atoms with Gasteiger partial charge < -0.3 is 9.64 Å². The van der Waals surface area contributed by atoms with Crippen LogP contribution in [0.2, 0.25) is 0 Å². The fourth-order valence-electron chi connectivity index (χ4n) is 2.80. The van der Waals surface area contributed by atoms with Gasteiger partial charge in [-0.05, 0) is 30.5 Å². The lowest BCUT2D eigenvalue weighted by atomic mass is 10.1. The number of carbonyl (C=O) groups is 1. The number of amides is 1. The van der Waals surface area contributed by atoms with Crippen LogP contribution in [-0.2, 0) is 14.8 Å². The Morgan fingerprint density at radius 2 is 2.12 bits per heavy atom. The Labute approximate surface area is 147 Å². The highest BCUT2D eigenvalue weighted by Gasteiger charge is 2.23. The molecule has 1 amide bonds. The SMILES string of the molecule is O=C(c1cccc(S(=O)(=O)NCC2CCOC2)c1)N1CCSCC1. The van der Waals surface area contributed by atoms with Gasteiger partial charge in [0, 0.05) is 43.3 Å². The standard InChI is InChI=1S/C16H22N2O4S2/c19-16(18-5-8-23-9-6-18)14-2-1-3-15(10-14)24(20,21)17-11-13-4-7-22-12-13/h1-3,10,13,17H,4-9,11-12H2. The van der Waals surface area contributed by atoms with Gasteiger partial charge in [-0.1, -0.05) is 6.07 Å². The minimum Gasteiger partial charge on any atom is -0.381 e. The molecule has 0 radical (unpaired) electrons. The van der Waals surface area contributed by atoms with Crippen LogP contribution in [0.5, 0.6) is 0 Å². The van der Waals surface area contributed by atoms with E-state index in [0.29, 0.717) is 38.4 Å². The third kappa shape index (κ3) is 4.30. The lowest BCUT2D eigenvalue weighted by molar-refractivity contribution is 0.0772. The van der Waals surface area contributed by atoms with Crippen molar-refractivity contribution in [3.05, 3.63) is 29.8 Å². The van der Waals surface area contributed by atoms with E-state index in [9.17, 15) is 13.2 Å². The monoisotopic (exact) mass is 370 g/mol. The van der Waals surface area contributed by atoms with Crippen molar-refractivity contribution in [3.8, 4) is 0 Å². The fraction of sp³-hybridized carbons (Fsp3) is 0.562. The minimum absolute atomic E-state index is 0.100. The summed E-state index contributed by atoms with van der Waals surface area (Å²) in [6.45, 7) is 3.06. The average Bonchev–Trinajstić information content (AvgIpc) is 3.14. The van der Waals surface area contributed by atoms with E-state index in [0.717, 1.165) is 17.9 Å². The smallest absolute Gasteiger partial charge is 0.253 e. The predicted molar refractivity (Wildman–Crippen MR) is 93.8 cm³/mol. The predicted octanol–water partition coefficient (Wildman–Crippen LogP) is 1.19. The van der Waals surface area contributed by atoms with Gasteiger partial charge in [0.25, 0.3) is 5.91 Å². The first kappa shape index (κ1) is 17.7. The number of thioether (sulfide) groups is 1. The zero-order valence-corrected chi connectivity index (χ0v) is 15.1. The zero-order valence-electron chi connectivity index (χ0n) is 13.4. The number of hydrogen-bond acceptors (Lipinski definition) is 5. The van der Waals surface area contributed by atoms with Gasteiger partial charge in [-0.2, -0.15) is 11.8 Å². The first-order valence-corrected chi connectivity index (χ1v) is 10.7. The molecule has 3 rings (SSSR count). The van der Waals surface area contributed by atoms with E-state index in [4.69, 9.17) is 4.74 Å². The Morgan fingerprint density at radius 1 is 1.33 bits per heavy atom. The van der Waals surface area contributed by atoms with Crippen LogP contribution in [0.3, 0.4) is 0 Å². The van der Waals surface area contributed by atoms with Crippen LogP contribution in [0.15, 0.2) is 29.2 Å². The summed E-state index contributed by atoms with van der Waals surface area (Å²) in [4.78, 5) is 14.5. The number of carbonyl (C=O) groups excluding carboxylic acids is 1. The quantitative estimate of drug-likeness (QED) is 0.843. The molecular formula is C16H22N2O4S2. The average molecular weight is 370 g/mol. The molecule has 1 unspecified atom stereocenters. The van der Waals surface area contributed by atoms with Crippen molar-refractivity contribution >= 4 is 27.7 Å². The molecule has 8 heteroatoms. The second-order valence-corrected chi connectivity index (χ2v) is 9.01. The van der Waals surface area contributed by atoms with E-state index in [2.05, 4.69) is 4.72 Å². The van der Waals surface area contributed by atoms with E-state index >= 15 is 0 Å². The van der Waals surface area contributed by atoms with Crippen molar-refractivity contribution in [1.82, 2.24) is 9.62 Å². The van der Waals surface area contributed by atoms with Gasteiger partial charge in [0.1, 0.15) is 0 Å². The minimum atomic E-state index is -3.61. The second-order valence-electron chi connectivity index (χ2n) is 6.01. The van der Waals surface area contributed by atoms with Crippen LogP contribution in [0.25, 0.3) is 0 Å². The highest BCUT2D eigenvalue weighted by molar-refractivity contribution is 7.99. The van der Waals surface area contributed by atoms with E-state index in [1.165, 1.54) is 12.1 Å². The maximum absolute atomic E-state index is 12.5. The van der Waals surface area contributed by atoms with Crippen molar-refractivity contribution in [1.29, 1.82) is 0 Å². The molecule has 2 saturated heterocycles. The Morgan fingerprint density at radius 3 is 2.83 bits per heavy atom. The third-order valence-electron chi connectivity index (χ3n) is 4.28. The Bertz CT molecular complexity index is 681. The van der Waals surface area contributed by atoms with Gasteiger partial charge in [-0.15, -0.1) is 0 Å². The Hall–Kier alpha value is -1.09. The summed E-state index contributed by atoms with van der Waals surface area (Å²) >= 11 is 1.83. The summed E-state index contributed by atoms with van der Waals surface area (Å²) in [6.07, 6.45) is 0.869. The Balaban J connectivity index is 1.70. The summed E-state index contributed by atoms with van der Waals surface area (Å²) in [6, 6.07) is 6.29. The second kappa shape index (κ2) is 7.86. The summed E-state index contributed by atoms with van der Waals surface area (Å²) in [5.41, 5.74) is 0.425. The van der Waals surface area contributed by atoms with Gasteiger partial charge in [0.15, 0.2) is 0 Å². The molecule has 1 aromatic carbocycles. The van der Waals surface area contributed by atoms with E-state index < -0.39 is 10.0 Å². The van der Waals surface area contributed by atoms with Gasteiger partial charge in [-0.3, -0.25) is 4.79 Å². The molecule has 2 aliphatic rings. The molecule has 1 atom stereocenters. The molecule has 0 bridgehead atoms. The molecule has 0 saturated carbocycles. The number of rotatable bonds is 5. The first-order chi connectivity index (χ1) is 11.6. The zero-order chi connectivity index (χ0) is 17.0. The lowest BCUT2D eigenvalue weighted by Gasteiger charge is -2.26. The summed E-state index contributed by atoms with van der Waals surface area (Å²) in [7, 11) is -3.61. The molecule has 0 aliphatic carbocycles. The highest BCUT2D eigenvalue weighted by Crippen LogP contribution is 2.17. The topological polar surface area (TPSA) is 75.7 Å². The molecule has 0 aromatic heterocycles. The van der Waals surface area contributed by atoms with Crippen molar-refractivity contribution in [2.24, 2.45) is 5.92 Å². The molecule has 24 heavy (non-hydrogen) atoms. The number of benzene rings is 1. The number of nitrogens with one attached hydrogen (secondary N) is 1. The number of hydrogen-bond donors (Lipinski definition) is 1. The van der Waals surface area contributed by atoms with Crippen LogP contribution in [0, 0.1) is 5.92 Å². The maximum Gasteiger partial charge on any atom is 0.253 e. The van der Waals surface area contributed by atoms with Crippen LogP contribution in [0.1, 0.15) is 16.8 Å². The molecule has 2 heterocycles. The molecular weight excluding hydrogens is 348 g/mol. The lowest BCUT2D eigenvalue weighted by Crippen LogP contribution is -2.38.